The molecule has 0 aliphatic carbocycles. The van der Waals surface area contributed by atoms with E-state index in [1.54, 1.807) is 7.11 Å². The smallest absolute Gasteiger partial charge is 0.119 e. The van der Waals surface area contributed by atoms with Crippen molar-refractivity contribution in [2.75, 3.05) is 34.3 Å². The Kier molecular flexibility index (Phi) is 4.99. The van der Waals surface area contributed by atoms with Crippen LogP contribution in [0.5, 0.6) is 5.75 Å². The first-order valence-electron chi connectivity index (χ1n) is 7.06. The van der Waals surface area contributed by atoms with E-state index in [2.05, 4.69) is 61.6 Å². The number of hydrogen-bond acceptors (Lipinski definition) is 3. The summed E-state index contributed by atoms with van der Waals surface area (Å²) in [6, 6.07) is 13.2. The second kappa shape index (κ2) is 6.73. The molecule has 0 fully saturated rings. The molecule has 0 aliphatic rings. The van der Waals surface area contributed by atoms with Crippen LogP contribution < -0.4 is 10.1 Å². The maximum absolute atomic E-state index is 5.26. The largest absolute Gasteiger partial charge is 0.497 e. The van der Waals surface area contributed by atoms with Crippen LogP contribution in [-0.2, 0) is 0 Å². The summed E-state index contributed by atoms with van der Waals surface area (Å²) in [5.41, 5.74) is 1.32. The third kappa shape index (κ3) is 3.71. The van der Waals surface area contributed by atoms with Gasteiger partial charge in [0, 0.05) is 19.1 Å². The number of rotatable bonds is 6. The number of likely N-dealkylation sites (N-methyl/N-ethyl adjacent to an activating group) is 1. The average molecular weight is 272 g/mol. The third-order valence-electron chi connectivity index (χ3n) is 3.58. The normalized spacial score (nSPS) is 12.8. The SMILES string of the molecule is COc1ccc2cc(C(C)NCCN(C)C)ccc2c1. The lowest BCUT2D eigenvalue weighted by Crippen LogP contribution is -2.28. The molecule has 2 aromatic carbocycles. The van der Waals surface area contributed by atoms with Crippen molar-refractivity contribution >= 4 is 10.8 Å². The Morgan fingerprint density at radius 3 is 2.50 bits per heavy atom. The standard InChI is InChI=1S/C17H24N2O/c1-13(18-9-10-19(2)3)14-5-6-16-12-17(20-4)8-7-15(16)11-14/h5-8,11-13,18H,9-10H2,1-4H3. The Balaban J connectivity index is 2.10. The third-order valence-corrected chi connectivity index (χ3v) is 3.58. The predicted molar refractivity (Wildman–Crippen MR) is 85.5 cm³/mol. The molecule has 3 nitrogen and oxygen atoms in total. The second-order valence-electron chi connectivity index (χ2n) is 5.45. The van der Waals surface area contributed by atoms with Crippen molar-refractivity contribution in [2.45, 2.75) is 13.0 Å². The van der Waals surface area contributed by atoms with Crippen molar-refractivity contribution in [3.8, 4) is 5.75 Å². The Morgan fingerprint density at radius 1 is 1.10 bits per heavy atom. The fraction of sp³-hybridized carbons (Fsp3) is 0.412. The van der Waals surface area contributed by atoms with Crippen molar-refractivity contribution in [1.82, 2.24) is 10.2 Å². The first kappa shape index (κ1) is 14.8. The topological polar surface area (TPSA) is 24.5 Å². The molecule has 0 bridgehead atoms. The number of fused-ring (bicyclic) bond motifs is 1. The summed E-state index contributed by atoms with van der Waals surface area (Å²) >= 11 is 0. The zero-order chi connectivity index (χ0) is 14.5. The number of benzene rings is 2. The lowest BCUT2D eigenvalue weighted by molar-refractivity contribution is 0.389. The molecule has 0 heterocycles. The highest BCUT2D eigenvalue weighted by Gasteiger charge is 2.06. The van der Waals surface area contributed by atoms with E-state index in [1.165, 1.54) is 16.3 Å². The summed E-state index contributed by atoms with van der Waals surface area (Å²) in [6.07, 6.45) is 0. The molecule has 0 spiro atoms. The number of nitrogens with one attached hydrogen (secondary N) is 1. The van der Waals surface area contributed by atoms with Gasteiger partial charge in [-0.1, -0.05) is 18.2 Å². The highest BCUT2D eigenvalue weighted by Crippen LogP contribution is 2.24. The van der Waals surface area contributed by atoms with Crippen LogP contribution in [0, 0.1) is 0 Å². The van der Waals surface area contributed by atoms with Crippen molar-refractivity contribution in [1.29, 1.82) is 0 Å². The lowest BCUT2D eigenvalue weighted by atomic mass is 10.0. The summed E-state index contributed by atoms with van der Waals surface area (Å²) in [4.78, 5) is 2.19. The first-order chi connectivity index (χ1) is 9.60. The molecular formula is C17H24N2O. The lowest BCUT2D eigenvalue weighted by Gasteiger charge is -2.17. The highest BCUT2D eigenvalue weighted by atomic mass is 16.5. The van der Waals surface area contributed by atoms with Gasteiger partial charge >= 0.3 is 0 Å². The van der Waals surface area contributed by atoms with Gasteiger partial charge in [-0.2, -0.15) is 0 Å². The molecule has 20 heavy (non-hydrogen) atoms. The van der Waals surface area contributed by atoms with Crippen LogP contribution in [0.1, 0.15) is 18.5 Å². The van der Waals surface area contributed by atoms with Gasteiger partial charge in [0.15, 0.2) is 0 Å². The van der Waals surface area contributed by atoms with Crippen molar-refractivity contribution in [2.24, 2.45) is 0 Å². The molecule has 3 heteroatoms. The van der Waals surface area contributed by atoms with Crippen molar-refractivity contribution < 1.29 is 4.74 Å². The van der Waals surface area contributed by atoms with Crippen LogP contribution in [0.15, 0.2) is 36.4 Å². The van der Waals surface area contributed by atoms with Crippen LogP contribution in [0.3, 0.4) is 0 Å². The van der Waals surface area contributed by atoms with Gasteiger partial charge in [-0.3, -0.25) is 0 Å². The molecule has 1 atom stereocenters. The van der Waals surface area contributed by atoms with Crippen molar-refractivity contribution in [3.05, 3.63) is 42.0 Å². The Labute approximate surface area is 121 Å². The number of hydrogen-bond donors (Lipinski definition) is 1. The first-order valence-corrected chi connectivity index (χ1v) is 7.06. The van der Waals surface area contributed by atoms with Crippen LogP contribution in [0.2, 0.25) is 0 Å². The van der Waals surface area contributed by atoms with Gasteiger partial charge in [0.25, 0.3) is 0 Å². The Morgan fingerprint density at radius 2 is 1.80 bits per heavy atom. The van der Waals surface area contributed by atoms with Crippen molar-refractivity contribution in [3.63, 3.8) is 0 Å². The van der Waals surface area contributed by atoms with E-state index < -0.39 is 0 Å². The van der Waals surface area contributed by atoms with E-state index in [9.17, 15) is 0 Å². The minimum Gasteiger partial charge on any atom is -0.497 e. The average Bonchev–Trinajstić information content (AvgIpc) is 2.45. The highest BCUT2D eigenvalue weighted by molar-refractivity contribution is 5.84. The summed E-state index contributed by atoms with van der Waals surface area (Å²) in [5, 5.41) is 6.02. The molecule has 0 aliphatic heterocycles. The summed E-state index contributed by atoms with van der Waals surface area (Å²) in [5.74, 6) is 0.905. The molecule has 0 saturated carbocycles. The van der Waals surface area contributed by atoms with Gasteiger partial charge in [-0.15, -0.1) is 0 Å². The monoisotopic (exact) mass is 272 g/mol. The maximum atomic E-state index is 5.26. The van der Waals surface area contributed by atoms with Crippen LogP contribution in [-0.4, -0.2) is 39.2 Å². The fourth-order valence-electron chi connectivity index (χ4n) is 2.26. The van der Waals surface area contributed by atoms with E-state index in [0.717, 1.165) is 18.8 Å². The van der Waals surface area contributed by atoms with Gasteiger partial charge < -0.3 is 15.0 Å². The van der Waals surface area contributed by atoms with Crippen LogP contribution in [0.25, 0.3) is 10.8 Å². The molecule has 0 radical (unpaired) electrons. The summed E-state index contributed by atoms with van der Waals surface area (Å²) in [7, 11) is 5.89. The number of ether oxygens (including phenoxy) is 1. The van der Waals surface area contributed by atoms with Gasteiger partial charge in [0.1, 0.15) is 5.75 Å². The molecule has 0 saturated heterocycles. The van der Waals surface area contributed by atoms with E-state index >= 15 is 0 Å². The fourth-order valence-corrected chi connectivity index (χ4v) is 2.26. The van der Waals surface area contributed by atoms with Crippen LogP contribution >= 0.6 is 0 Å². The molecule has 1 N–H and O–H groups in total. The molecule has 2 rings (SSSR count). The maximum Gasteiger partial charge on any atom is 0.119 e. The Bertz CT molecular complexity index is 566. The minimum atomic E-state index is 0.362. The quantitative estimate of drug-likeness (QED) is 0.874. The molecule has 0 amide bonds. The second-order valence-corrected chi connectivity index (χ2v) is 5.45. The number of methoxy groups -OCH3 is 1. The van der Waals surface area contributed by atoms with E-state index in [1.807, 2.05) is 6.07 Å². The number of nitrogens with zero attached hydrogens (tertiary/aromatic N) is 1. The van der Waals surface area contributed by atoms with E-state index in [-0.39, 0.29) is 0 Å². The minimum absolute atomic E-state index is 0.362. The van der Waals surface area contributed by atoms with Gasteiger partial charge in [0.05, 0.1) is 7.11 Å². The van der Waals surface area contributed by atoms with Crippen LogP contribution in [0.4, 0.5) is 0 Å². The summed E-state index contributed by atoms with van der Waals surface area (Å²) in [6.45, 7) is 4.25. The zero-order valence-corrected chi connectivity index (χ0v) is 12.8. The summed E-state index contributed by atoms with van der Waals surface area (Å²) < 4.78 is 5.26. The molecule has 1 unspecified atom stereocenters. The Hall–Kier alpha value is -1.58. The van der Waals surface area contributed by atoms with Gasteiger partial charge in [-0.05, 0) is 55.6 Å². The predicted octanol–water partition coefficient (Wildman–Crippen LogP) is 3.06. The van der Waals surface area contributed by atoms with E-state index in [4.69, 9.17) is 4.74 Å². The molecule has 2 aromatic rings. The van der Waals surface area contributed by atoms with Gasteiger partial charge in [-0.25, -0.2) is 0 Å². The van der Waals surface area contributed by atoms with E-state index in [0.29, 0.717) is 6.04 Å². The molecule has 0 aromatic heterocycles. The zero-order valence-electron chi connectivity index (χ0n) is 12.8. The molecule has 108 valence electrons. The molecular weight excluding hydrogens is 248 g/mol. The van der Waals surface area contributed by atoms with Gasteiger partial charge in [0.2, 0.25) is 0 Å².